The second-order valence-corrected chi connectivity index (χ2v) is 6.45. The predicted molar refractivity (Wildman–Crippen MR) is 97.4 cm³/mol. The highest BCUT2D eigenvalue weighted by Gasteiger charge is 2.22. The van der Waals surface area contributed by atoms with Crippen molar-refractivity contribution in [2.75, 3.05) is 44.2 Å². The van der Waals surface area contributed by atoms with E-state index in [2.05, 4.69) is 15.0 Å². The van der Waals surface area contributed by atoms with Crippen LogP contribution in [0, 0.1) is 6.92 Å². The molecule has 1 aromatic heterocycles. The van der Waals surface area contributed by atoms with Crippen molar-refractivity contribution in [1.29, 1.82) is 0 Å². The number of hydrogen-bond acceptors (Lipinski definition) is 5. The number of carbonyl (C=O) groups excluding carboxylic acids is 1. The maximum atomic E-state index is 12.7. The van der Waals surface area contributed by atoms with Gasteiger partial charge in [0.1, 0.15) is 5.76 Å². The molecule has 134 valence electrons. The van der Waals surface area contributed by atoms with E-state index in [9.17, 15) is 4.79 Å². The van der Waals surface area contributed by atoms with E-state index in [1.54, 1.807) is 0 Å². The van der Waals surface area contributed by atoms with Crippen LogP contribution in [0.4, 0.5) is 5.69 Å². The first-order valence-corrected chi connectivity index (χ1v) is 8.88. The molecule has 1 fully saturated rings. The monoisotopic (exact) mass is 342 g/mol. The number of hydrogen-bond donors (Lipinski definition) is 0. The third-order valence-corrected chi connectivity index (χ3v) is 4.57. The van der Waals surface area contributed by atoms with Gasteiger partial charge in [-0.1, -0.05) is 23.4 Å². The zero-order valence-electron chi connectivity index (χ0n) is 15.0. The normalized spacial score (nSPS) is 16.1. The first-order valence-electron chi connectivity index (χ1n) is 8.88. The Hall–Kier alpha value is -2.18. The number of carbonyl (C=O) groups is 1. The largest absolute Gasteiger partial charge is 0.361 e. The lowest BCUT2D eigenvalue weighted by atomic mass is 10.2. The summed E-state index contributed by atoms with van der Waals surface area (Å²) >= 11 is 0. The van der Waals surface area contributed by atoms with E-state index in [1.165, 1.54) is 0 Å². The molecule has 2 heterocycles. The fourth-order valence-corrected chi connectivity index (χ4v) is 3.21. The lowest BCUT2D eigenvalue weighted by molar-refractivity contribution is -0.120. The first kappa shape index (κ1) is 17.6. The Morgan fingerprint density at radius 3 is 2.44 bits per heavy atom. The van der Waals surface area contributed by atoms with Crippen LogP contribution in [0.3, 0.4) is 0 Å². The van der Waals surface area contributed by atoms with Crippen LogP contribution in [-0.4, -0.2) is 60.1 Å². The van der Waals surface area contributed by atoms with Gasteiger partial charge in [0.2, 0.25) is 5.91 Å². The standard InChI is InChI=1S/C19H26N4O2/c1-3-23(18-7-5-4-6-8-18)19(24)15-22-11-9-21(10-12-22)14-17-13-16(2)25-20-17/h4-8,13H,3,9-12,14-15H2,1-2H3. The van der Waals surface area contributed by atoms with Gasteiger partial charge in [-0.05, 0) is 26.0 Å². The van der Waals surface area contributed by atoms with Gasteiger partial charge in [0.15, 0.2) is 0 Å². The number of para-hydroxylation sites is 1. The van der Waals surface area contributed by atoms with E-state index in [1.807, 2.05) is 55.1 Å². The number of aryl methyl sites for hydroxylation is 1. The second-order valence-electron chi connectivity index (χ2n) is 6.45. The Labute approximate surface area is 149 Å². The zero-order valence-corrected chi connectivity index (χ0v) is 15.0. The topological polar surface area (TPSA) is 52.8 Å². The zero-order chi connectivity index (χ0) is 17.6. The van der Waals surface area contributed by atoms with Crippen molar-refractivity contribution in [2.45, 2.75) is 20.4 Å². The Bertz CT molecular complexity index is 678. The summed E-state index contributed by atoms with van der Waals surface area (Å²) in [6, 6.07) is 11.9. The molecule has 1 amide bonds. The molecule has 0 radical (unpaired) electrons. The third-order valence-electron chi connectivity index (χ3n) is 4.57. The number of anilines is 1. The summed E-state index contributed by atoms with van der Waals surface area (Å²) in [6.45, 7) is 9.57. The number of rotatable bonds is 6. The molecule has 0 saturated carbocycles. The molecule has 0 aliphatic carbocycles. The minimum Gasteiger partial charge on any atom is -0.361 e. The van der Waals surface area contributed by atoms with Crippen LogP contribution >= 0.6 is 0 Å². The molecule has 3 rings (SSSR count). The van der Waals surface area contributed by atoms with Crippen LogP contribution in [0.5, 0.6) is 0 Å². The molecule has 6 heteroatoms. The first-order chi connectivity index (χ1) is 12.2. The highest BCUT2D eigenvalue weighted by Crippen LogP contribution is 2.14. The van der Waals surface area contributed by atoms with E-state index >= 15 is 0 Å². The van der Waals surface area contributed by atoms with Gasteiger partial charge in [-0.25, -0.2) is 0 Å². The quantitative estimate of drug-likeness (QED) is 0.805. The average molecular weight is 342 g/mol. The molecule has 0 spiro atoms. The van der Waals surface area contributed by atoms with E-state index in [0.29, 0.717) is 13.1 Å². The lowest BCUT2D eigenvalue weighted by Gasteiger charge is -2.34. The number of amides is 1. The second kappa shape index (κ2) is 8.27. The minimum atomic E-state index is 0.161. The van der Waals surface area contributed by atoms with Crippen molar-refractivity contribution in [1.82, 2.24) is 15.0 Å². The molecule has 6 nitrogen and oxygen atoms in total. The molecule has 1 aliphatic rings. The molecule has 1 aliphatic heterocycles. The number of aromatic nitrogens is 1. The van der Waals surface area contributed by atoms with Gasteiger partial charge < -0.3 is 9.42 Å². The fraction of sp³-hybridized carbons (Fsp3) is 0.474. The number of piperazine rings is 1. The molecular weight excluding hydrogens is 316 g/mol. The summed E-state index contributed by atoms with van der Waals surface area (Å²) in [7, 11) is 0. The van der Waals surface area contributed by atoms with Gasteiger partial charge >= 0.3 is 0 Å². The average Bonchev–Trinajstić information content (AvgIpc) is 3.03. The Balaban J connectivity index is 1.48. The van der Waals surface area contributed by atoms with Crippen LogP contribution in [0.1, 0.15) is 18.4 Å². The van der Waals surface area contributed by atoms with Crippen molar-refractivity contribution in [3.05, 3.63) is 47.9 Å². The Morgan fingerprint density at radius 2 is 1.84 bits per heavy atom. The lowest BCUT2D eigenvalue weighted by Crippen LogP contribution is -2.49. The molecule has 2 aromatic rings. The van der Waals surface area contributed by atoms with Crippen molar-refractivity contribution >= 4 is 11.6 Å². The summed E-state index contributed by atoms with van der Waals surface area (Å²) < 4.78 is 5.12. The summed E-state index contributed by atoms with van der Waals surface area (Å²) in [5.74, 6) is 1.01. The highest BCUT2D eigenvalue weighted by atomic mass is 16.5. The van der Waals surface area contributed by atoms with E-state index in [-0.39, 0.29) is 5.91 Å². The molecular formula is C19H26N4O2. The van der Waals surface area contributed by atoms with Gasteiger partial charge in [0.05, 0.1) is 12.2 Å². The van der Waals surface area contributed by atoms with Crippen molar-refractivity contribution in [2.24, 2.45) is 0 Å². The van der Waals surface area contributed by atoms with Crippen molar-refractivity contribution < 1.29 is 9.32 Å². The number of nitrogens with zero attached hydrogens (tertiary/aromatic N) is 4. The Morgan fingerprint density at radius 1 is 1.16 bits per heavy atom. The van der Waals surface area contributed by atoms with Crippen LogP contribution < -0.4 is 4.90 Å². The van der Waals surface area contributed by atoms with Gasteiger partial charge in [-0.3, -0.25) is 14.6 Å². The van der Waals surface area contributed by atoms with Crippen molar-refractivity contribution in [3.8, 4) is 0 Å². The number of likely N-dealkylation sites (N-methyl/N-ethyl adjacent to an activating group) is 1. The van der Waals surface area contributed by atoms with Gasteiger partial charge in [0, 0.05) is 51.0 Å². The molecule has 0 unspecified atom stereocenters. The van der Waals surface area contributed by atoms with Gasteiger partial charge in [-0.15, -0.1) is 0 Å². The molecule has 1 saturated heterocycles. The highest BCUT2D eigenvalue weighted by molar-refractivity contribution is 5.94. The Kier molecular flexibility index (Phi) is 5.83. The summed E-state index contributed by atoms with van der Waals surface area (Å²) in [5.41, 5.74) is 1.94. The summed E-state index contributed by atoms with van der Waals surface area (Å²) in [5, 5.41) is 4.05. The fourth-order valence-electron chi connectivity index (χ4n) is 3.21. The molecule has 0 bridgehead atoms. The summed E-state index contributed by atoms with van der Waals surface area (Å²) in [4.78, 5) is 19.1. The maximum absolute atomic E-state index is 12.7. The molecule has 1 aromatic carbocycles. The van der Waals surface area contributed by atoms with Crippen molar-refractivity contribution in [3.63, 3.8) is 0 Å². The number of benzene rings is 1. The van der Waals surface area contributed by atoms with E-state index < -0.39 is 0 Å². The summed E-state index contributed by atoms with van der Waals surface area (Å²) in [6.07, 6.45) is 0. The minimum absolute atomic E-state index is 0.161. The maximum Gasteiger partial charge on any atom is 0.241 e. The third kappa shape index (κ3) is 4.67. The van der Waals surface area contributed by atoms with Crippen LogP contribution in [0.15, 0.2) is 40.9 Å². The van der Waals surface area contributed by atoms with Crippen LogP contribution in [-0.2, 0) is 11.3 Å². The van der Waals surface area contributed by atoms with Gasteiger partial charge in [0.25, 0.3) is 0 Å². The molecule has 0 atom stereocenters. The van der Waals surface area contributed by atoms with E-state index in [0.717, 1.165) is 49.9 Å². The SMILES string of the molecule is CCN(C(=O)CN1CCN(Cc2cc(C)on2)CC1)c1ccccc1. The molecule has 25 heavy (non-hydrogen) atoms. The van der Waals surface area contributed by atoms with Gasteiger partial charge in [-0.2, -0.15) is 0 Å². The van der Waals surface area contributed by atoms with Crippen LogP contribution in [0.2, 0.25) is 0 Å². The van der Waals surface area contributed by atoms with Crippen LogP contribution in [0.25, 0.3) is 0 Å². The molecule has 0 N–H and O–H groups in total. The smallest absolute Gasteiger partial charge is 0.241 e. The predicted octanol–water partition coefficient (Wildman–Crippen LogP) is 2.15. The van der Waals surface area contributed by atoms with E-state index in [4.69, 9.17) is 4.52 Å².